The van der Waals surface area contributed by atoms with Crippen LogP contribution in [0.2, 0.25) is 0 Å². The van der Waals surface area contributed by atoms with E-state index < -0.39 is 35.4 Å². The van der Waals surface area contributed by atoms with Gasteiger partial charge in [-0.2, -0.15) is 0 Å². The molecule has 0 aliphatic carbocycles. The van der Waals surface area contributed by atoms with Gasteiger partial charge in [0.2, 0.25) is 12.0 Å². The van der Waals surface area contributed by atoms with Crippen LogP contribution in [0, 0.1) is 0 Å². The van der Waals surface area contributed by atoms with Crippen molar-refractivity contribution < 1.29 is 34.0 Å². The highest BCUT2D eigenvalue weighted by Crippen LogP contribution is 2.42. The maximum atomic E-state index is 12.5. The number of hydrogen-bond acceptors (Lipinski definition) is 8. The number of benzene rings is 2. The van der Waals surface area contributed by atoms with Gasteiger partial charge in [0, 0.05) is 30.5 Å². The smallest absolute Gasteiger partial charge is 0.203 e. The molecule has 0 amide bonds. The summed E-state index contributed by atoms with van der Waals surface area (Å²) in [7, 11) is 0. The van der Waals surface area contributed by atoms with Crippen LogP contribution in [-0.2, 0) is 9.53 Å². The molecule has 1 aromatic heterocycles. The zero-order valence-corrected chi connectivity index (χ0v) is 15.1. The molecule has 29 heavy (non-hydrogen) atoms. The highest BCUT2D eigenvalue weighted by molar-refractivity contribution is 5.89. The highest BCUT2D eigenvalue weighted by Gasteiger charge is 2.31. The molecule has 0 saturated carbocycles. The van der Waals surface area contributed by atoms with Gasteiger partial charge < -0.3 is 34.0 Å². The van der Waals surface area contributed by atoms with Crippen molar-refractivity contribution in [3.63, 3.8) is 0 Å². The van der Waals surface area contributed by atoms with Crippen molar-refractivity contribution in [2.24, 2.45) is 0 Å². The summed E-state index contributed by atoms with van der Waals surface area (Å²) in [5, 5.41) is 30.3. The first-order valence-corrected chi connectivity index (χ1v) is 9.00. The Morgan fingerprint density at radius 3 is 2.55 bits per heavy atom. The third-order valence-electron chi connectivity index (χ3n) is 4.70. The van der Waals surface area contributed by atoms with E-state index in [0.29, 0.717) is 11.8 Å². The molecule has 0 spiro atoms. The summed E-state index contributed by atoms with van der Waals surface area (Å²) < 4.78 is 16.7. The number of phenolic OH excluding ortho intramolecular Hbond substituents is 2. The Morgan fingerprint density at radius 2 is 1.83 bits per heavy atom. The Kier molecular flexibility index (Phi) is 4.96. The maximum Gasteiger partial charge on any atom is 0.203 e. The Labute approximate surface area is 164 Å². The lowest BCUT2D eigenvalue weighted by Crippen LogP contribution is -2.39. The summed E-state index contributed by atoms with van der Waals surface area (Å²) in [4.78, 5) is 23.5. The molecule has 3 atom stereocenters. The van der Waals surface area contributed by atoms with Crippen molar-refractivity contribution in [2.45, 2.75) is 31.3 Å². The van der Waals surface area contributed by atoms with Crippen molar-refractivity contribution in [1.82, 2.24) is 0 Å². The topological polar surface area (TPSA) is 126 Å². The minimum Gasteiger partial charge on any atom is -0.504 e. The standard InChI is InChI=1S/C21H18O8/c22-10-13-6-12(23)7-18(27-13)29-17-9-16-19(21(26)20(17)25)14(24)8-15(28-16)11-4-2-1-3-5-11/h1-5,8-10,12-13,18,23,25-26H,6-7H2. The quantitative estimate of drug-likeness (QED) is 0.451. The van der Waals surface area contributed by atoms with Gasteiger partial charge in [-0.1, -0.05) is 30.3 Å². The highest BCUT2D eigenvalue weighted by atomic mass is 16.7. The van der Waals surface area contributed by atoms with Crippen LogP contribution in [0.4, 0.5) is 0 Å². The predicted octanol–water partition coefficient (Wildman–Crippen LogP) is 2.31. The minimum absolute atomic E-state index is 0.00458. The fourth-order valence-corrected chi connectivity index (χ4v) is 3.30. The molecule has 1 aliphatic rings. The predicted molar refractivity (Wildman–Crippen MR) is 102 cm³/mol. The summed E-state index contributed by atoms with van der Waals surface area (Å²) in [6.07, 6.45) is -1.92. The van der Waals surface area contributed by atoms with Crippen LogP contribution in [0.15, 0.2) is 51.7 Å². The SMILES string of the molecule is O=CC1CC(O)CC(Oc2cc3oc(-c4ccccc4)cc(=O)c3c(O)c2O)O1. The zero-order chi connectivity index (χ0) is 20.5. The van der Waals surface area contributed by atoms with Gasteiger partial charge in [0.25, 0.3) is 0 Å². The lowest BCUT2D eigenvalue weighted by atomic mass is 10.1. The van der Waals surface area contributed by atoms with Crippen molar-refractivity contribution in [1.29, 1.82) is 0 Å². The van der Waals surface area contributed by atoms with E-state index in [0.717, 1.165) is 0 Å². The number of fused-ring (bicyclic) bond motifs is 1. The Bertz CT molecular complexity index is 1110. The Balaban J connectivity index is 1.76. The maximum absolute atomic E-state index is 12.5. The van der Waals surface area contributed by atoms with Crippen molar-refractivity contribution >= 4 is 17.3 Å². The molecular formula is C21H18O8. The minimum atomic E-state index is -1.03. The molecule has 3 aromatic rings. The van der Waals surface area contributed by atoms with E-state index in [1.807, 2.05) is 6.07 Å². The summed E-state index contributed by atoms with van der Waals surface area (Å²) in [5.74, 6) is -1.27. The molecule has 4 rings (SSSR count). The average Bonchev–Trinajstić information content (AvgIpc) is 2.71. The number of aromatic hydroxyl groups is 2. The van der Waals surface area contributed by atoms with E-state index >= 15 is 0 Å². The molecule has 8 nitrogen and oxygen atoms in total. The Morgan fingerprint density at radius 1 is 1.07 bits per heavy atom. The van der Waals surface area contributed by atoms with Crippen LogP contribution >= 0.6 is 0 Å². The molecule has 2 aromatic carbocycles. The first kappa shape index (κ1) is 19.0. The van der Waals surface area contributed by atoms with Crippen LogP contribution in [0.3, 0.4) is 0 Å². The van der Waals surface area contributed by atoms with Crippen molar-refractivity contribution in [2.75, 3.05) is 0 Å². The lowest BCUT2D eigenvalue weighted by Gasteiger charge is -2.30. The molecule has 3 unspecified atom stereocenters. The van der Waals surface area contributed by atoms with Crippen LogP contribution in [0.25, 0.3) is 22.3 Å². The molecule has 0 radical (unpaired) electrons. The number of carbonyl (C=O) groups is 1. The van der Waals surface area contributed by atoms with Gasteiger partial charge in [0.15, 0.2) is 16.9 Å². The molecule has 8 heteroatoms. The number of aldehydes is 1. The lowest BCUT2D eigenvalue weighted by molar-refractivity contribution is -0.176. The van der Waals surface area contributed by atoms with Gasteiger partial charge >= 0.3 is 0 Å². The second-order valence-electron chi connectivity index (χ2n) is 6.77. The number of phenols is 2. The molecule has 0 bridgehead atoms. The fourth-order valence-electron chi connectivity index (χ4n) is 3.30. The van der Waals surface area contributed by atoms with Gasteiger partial charge in [0.1, 0.15) is 29.1 Å². The van der Waals surface area contributed by atoms with Gasteiger partial charge in [-0.05, 0) is 0 Å². The number of aliphatic hydroxyl groups is 1. The number of aliphatic hydroxyl groups excluding tert-OH is 1. The van der Waals surface area contributed by atoms with E-state index in [9.17, 15) is 24.9 Å². The summed E-state index contributed by atoms with van der Waals surface area (Å²) in [6.45, 7) is 0. The third-order valence-corrected chi connectivity index (χ3v) is 4.70. The van der Waals surface area contributed by atoms with Gasteiger partial charge in [-0.3, -0.25) is 4.79 Å². The van der Waals surface area contributed by atoms with Crippen LogP contribution in [0.1, 0.15) is 12.8 Å². The van der Waals surface area contributed by atoms with Crippen molar-refractivity contribution in [3.8, 4) is 28.6 Å². The largest absolute Gasteiger partial charge is 0.504 e. The van der Waals surface area contributed by atoms with Gasteiger partial charge in [-0.15, -0.1) is 0 Å². The summed E-state index contributed by atoms with van der Waals surface area (Å²) in [6, 6.07) is 11.4. The summed E-state index contributed by atoms with van der Waals surface area (Å²) in [5.41, 5.74) is 0.133. The van der Waals surface area contributed by atoms with Gasteiger partial charge in [0.05, 0.1) is 6.10 Å². The second kappa shape index (κ2) is 7.57. The zero-order valence-electron chi connectivity index (χ0n) is 15.1. The molecule has 3 N–H and O–H groups in total. The molecule has 2 heterocycles. The first-order chi connectivity index (χ1) is 14.0. The average molecular weight is 398 g/mol. The number of rotatable bonds is 4. The van der Waals surface area contributed by atoms with Crippen molar-refractivity contribution in [3.05, 3.63) is 52.7 Å². The van der Waals surface area contributed by atoms with E-state index in [4.69, 9.17) is 13.9 Å². The number of carbonyl (C=O) groups excluding carboxylic acids is 1. The van der Waals surface area contributed by atoms with E-state index in [1.54, 1.807) is 24.3 Å². The monoisotopic (exact) mass is 398 g/mol. The molecule has 1 fully saturated rings. The molecule has 150 valence electrons. The molecular weight excluding hydrogens is 380 g/mol. The van der Waals surface area contributed by atoms with Crippen LogP contribution in [-0.4, -0.2) is 40.1 Å². The third kappa shape index (κ3) is 3.67. The normalized spacial score (nSPS) is 21.8. The Hall–Kier alpha value is -3.36. The van der Waals surface area contributed by atoms with Gasteiger partial charge in [-0.25, -0.2) is 0 Å². The van der Waals surface area contributed by atoms with E-state index in [2.05, 4.69) is 0 Å². The second-order valence-corrected chi connectivity index (χ2v) is 6.77. The summed E-state index contributed by atoms with van der Waals surface area (Å²) >= 11 is 0. The number of ether oxygens (including phenoxy) is 2. The van der Waals surface area contributed by atoms with Crippen LogP contribution in [0.5, 0.6) is 17.2 Å². The van der Waals surface area contributed by atoms with E-state index in [-0.39, 0.29) is 35.3 Å². The van der Waals surface area contributed by atoms with E-state index in [1.165, 1.54) is 12.1 Å². The molecule has 1 saturated heterocycles. The van der Waals surface area contributed by atoms with Crippen LogP contribution < -0.4 is 10.2 Å². The number of hydrogen-bond donors (Lipinski definition) is 3. The fraction of sp³-hybridized carbons (Fsp3) is 0.238. The first-order valence-electron chi connectivity index (χ1n) is 9.00. The molecule has 1 aliphatic heterocycles.